The van der Waals surface area contributed by atoms with Gasteiger partial charge in [-0.2, -0.15) is 31.6 Å². The number of fused-ring (bicyclic) bond motifs is 12. The van der Waals surface area contributed by atoms with Crippen molar-refractivity contribution in [2.24, 2.45) is 0 Å². The predicted octanol–water partition coefficient (Wildman–Crippen LogP) is 17.7. The van der Waals surface area contributed by atoms with Crippen LogP contribution in [0.15, 0.2) is 212 Å². The van der Waals surface area contributed by atoms with E-state index in [2.05, 4.69) is 51.6 Å². The Labute approximate surface area is 416 Å². The van der Waals surface area contributed by atoms with Crippen LogP contribution in [0.2, 0.25) is 0 Å². The van der Waals surface area contributed by atoms with E-state index in [0.29, 0.717) is 28.1 Å². The molecule has 0 radical (unpaired) electrons. The molecule has 11 heteroatoms. The van der Waals surface area contributed by atoms with Gasteiger partial charge in [0, 0.05) is 60.0 Å². The van der Waals surface area contributed by atoms with Crippen molar-refractivity contribution in [1.82, 2.24) is 18.3 Å². The summed E-state index contributed by atoms with van der Waals surface area (Å²) in [4.78, 5) is 0. The molecule has 0 aliphatic heterocycles. The van der Waals surface area contributed by atoms with Crippen LogP contribution in [0.4, 0.5) is 26.3 Å². The maximum absolute atomic E-state index is 15.6. The molecule has 74 heavy (non-hydrogen) atoms. The normalized spacial score (nSPS) is 12.4. The number of hydrogen-bond acceptors (Lipinski definition) is 1. The molecular formula is C63H35F6N5. The Morgan fingerprint density at radius 3 is 1.05 bits per heavy atom. The zero-order valence-corrected chi connectivity index (χ0v) is 38.7. The Bertz CT molecular complexity index is 4620. The smallest absolute Gasteiger partial charge is 0.309 e. The van der Waals surface area contributed by atoms with Crippen LogP contribution in [0.1, 0.15) is 16.7 Å². The third kappa shape index (κ3) is 6.31. The number of halogens is 6. The largest absolute Gasteiger partial charge is 0.417 e. The van der Waals surface area contributed by atoms with Gasteiger partial charge in [-0.3, -0.25) is 0 Å². The molecule has 0 fully saturated rings. The highest BCUT2D eigenvalue weighted by molar-refractivity contribution is 6.14. The average Bonchev–Trinajstić information content (AvgIpc) is 4.14. The fraction of sp³-hybridized carbons (Fsp3) is 0.0317. The lowest BCUT2D eigenvalue weighted by molar-refractivity contribution is -0.142. The number of aromatic nitrogens is 4. The second-order valence-electron chi connectivity index (χ2n) is 18.6. The van der Waals surface area contributed by atoms with Crippen molar-refractivity contribution in [1.29, 1.82) is 5.26 Å². The molecule has 0 amide bonds. The Balaban J connectivity index is 1.10. The number of rotatable bonds is 5. The van der Waals surface area contributed by atoms with Crippen molar-refractivity contribution >= 4 is 87.2 Å². The summed E-state index contributed by atoms with van der Waals surface area (Å²) in [5, 5.41) is 18.8. The molecule has 0 saturated heterocycles. The van der Waals surface area contributed by atoms with Crippen LogP contribution in [0.5, 0.6) is 0 Å². The monoisotopic (exact) mass is 975 g/mol. The summed E-state index contributed by atoms with van der Waals surface area (Å²) in [6.45, 7) is 0. The van der Waals surface area contributed by atoms with Crippen molar-refractivity contribution in [3.8, 4) is 39.9 Å². The summed E-state index contributed by atoms with van der Waals surface area (Å²) < 4.78 is 98.3. The lowest BCUT2D eigenvalue weighted by atomic mass is 9.93. The highest BCUT2D eigenvalue weighted by Gasteiger charge is 2.39. The maximum atomic E-state index is 15.6. The minimum atomic E-state index is -5.23. The summed E-state index contributed by atoms with van der Waals surface area (Å²) in [7, 11) is 0. The molecule has 0 saturated carbocycles. The second-order valence-corrected chi connectivity index (χ2v) is 18.6. The minimum Gasteiger partial charge on any atom is -0.309 e. The highest BCUT2D eigenvalue weighted by Crippen LogP contribution is 2.47. The van der Waals surface area contributed by atoms with Crippen LogP contribution in [-0.4, -0.2) is 18.3 Å². The van der Waals surface area contributed by atoms with Crippen molar-refractivity contribution in [2.45, 2.75) is 12.4 Å². The molecule has 0 unspecified atom stereocenters. The van der Waals surface area contributed by atoms with Gasteiger partial charge in [-0.15, -0.1) is 0 Å². The number of alkyl halides is 6. The lowest BCUT2D eigenvalue weighted by Crippen LogP contribution is -2.13. The van der Waals surface area contributed by atoms with Crippen LogP contribution in [0, 0.1) is 11.3 Å². The molecule has 0 aliphatic carbocycles. The summed E-state index contributed by atoms with van der Waals surface area (Å²) in [6.07, 6.45) is -10.3. The molecular weight excluding hydrogens is 941 g/mol. The lowest BCUT2D eigenvalue weighted by Gasteiger charge is -2.22. The first-order valence-corrected chi connectivity index (χ1v) is 23.9. The van der Waals surface area contributed by atoms with Crippen molar-refractivity contribution in [3.05, 3.63) is 229 Å². The molecule has 0 N–H and O–H groups in total. The SMILES string of the molecule is N#Cc1cc(-n2c3ccccc3c3ccc(-n4c5ccccc5c5ccccc54)cc32)c(-c2ccc(C(F)(F)F)cc2C(F)(F)F)cc1-n1c2ccccc2c2ccc(-n3c4ccccc4c4ccccc43)cc21. The van der Waals surface area contributed by atoms with E-state index in [1.54, 1.807) is 12.1 Å². The second kappa shape index (κ2) is 15.7. The van der Waals surface area contributed by atoms with Crippen molar-refractivity contribution in [3.63, 3.8) is 0 Å². The first-order chi connectivity index (χ1) is 36.0. The molecule has 0 spiro atoms. The number of para-hydroxylation sites is 6. The van der Waals surface area contributed by atoms with Gasteiger partial charge in [0.1, 0.15) is 6.07 Å². The van der Waals surface area contributed by atoms with Gasteiger partial charge < -0.3 is 18.3 Å². The van der Waals surface area contributed by atoms with Gasteiger partial charge in [-0.1, -0.05) is 127 Å². The third-order valence-electron chi connectivity index (χ3n) is 14.6. The van der Waals surface area contributed by atoms with E-state index in [1.165, 1.54) is 0 Å². The number of hydrogen-bond donors (Lipinski definition) is 0. The third-order valence-corrected chi connectivity index (χ3v) is 14.6. The first kappa shape index (κ1) is 43.3. The van der Waals surface area contributed by atoms with Gasteiger partial charge in [-0.25, -0.2) is 0 Å². The van der Waals surface area contributed by atoms with E-state index >= 15 is 13.2 Å². The average molecular weight is 976 g/mol. The number of benzene rings is 10. The summed E-state index contributed by atoms with van der Waals surface area (Å²) in [5.41, 5.74) is 5.09. The zero-order valence-electron chi connectivity index (χ0n) is 38.7. The van der Waals surface area contributed by atoms with Crippen molar-refractivity contribution in [2.75, 3.05) is 0 Å². The first-order valence-electron chi connectivity index (χ1n) is 23.9. The molecule has 4 aromatic heterocycles. The van der Waals surface area contributed by atoms with Crippen molar-refractivity contribution < 1.29 is 26.3 Å². The topological polar surface area (TPSA) is 43.5 Å². The quantitative estimate of drug-likeness (QED) is 0.159. The Kier molecular flexibility index (Phi) is 9.20. The molecule has 4 heterocycles. The summed E-state index contributed by atoms with van der Waals surface area (Å²) in [5.74, 6) is 0. The molecule has 0 aliphatic rings. The number of nitriles is 1. The summed E-state index contributed by atoms with van der Waals surface area (Å²) >= 11 is 0. The molecule has 354 valence electrons. The van der Waals surface area contributed by atoms with Crippen LogP contribution >= 0.6 is 0 Å². The summed E-state index contributed by atoms with van der Waals surface area (Å²) in [6, 6.07) is 66.8. The van der Waals surface area contributed by atoms with E-state index in [-0.39, 0.29) is 28.6 Å². The van der Waals surface area contributed by atoms with Gasteiger partial charge in [0.05, 0.1) is 72.2 Å². The van der Waals surface area contributed by atoms with E-state index < -0.39 is 29.0 Å². The fourth-order valence-electron chi connectivity index (χ4n) is 11.6. The van der Waals surface area contributed by atoms with Crippen LogP contribution < -0.4 is 0 Å². The molecule has 14 rings (SSSR count). The Morgan fingerprint density at radius 1 is 0.311 bits per heavy atom. The van der Waals surface area contributed by atoms with E-state index in [1.807, 2.05) is 155 Å². The predicted molar refractivity (Wildman–Crippen MR) is 284 cm³/mol. The molecule has 10 aromatic carbocycles. The van der Waals surface area contributed by atoms with E-state index in [9.17, 15) is 18.4 Å². The molecule has 5 nitrogen and oxygen atoms in total. The zero-order chi connectivity index (χ0) is 50.2. The maximum Gasteiger partial charge on any atom is 0.417 e. The van der Waals surface area contributed by atoms with Gasteiger partial charge >= 0.3 is 12.4 Å². The number of nitrogens with zero attached hydrogens (tertiary/aromatic N) is 5. The minimum absolute atomic E-state index is 0.0329. The fourth-order valence-corrected chi connectivity index (χ4v) is 11.6. The standard InChI is InChI=1S/C63H35F6N5/c64-62(65,66)38-25-28-41(51(32-38)63(67,68)69)50-35-58(73-56-23-11-5-17-46(56)48-29-26-39(33-60(48)73)71-52-19-7-1-13-42(52)43-14-2-8-20-53(43)71)37(36-70)31-59(50)74-57-24-12-6-18-47(57)49-30-27-40(34-61(49)74)72-54-21-9-3-15-44(54)45-16-4-10-22-55(45)72/h1-35H. The Hall–Kier alpha value is -9.53. The molecule has 0 atom stereocenters. The highest BCUT2D eigenvalue weighted by atomic mass is 19.4. The van der Waals surface area contributed by atoms with Gasteiger partial charge in [0.2, 0.25) is 0 Å². The van der Waals surface area contributed by atoms with E-state index in [4.69, 9.17) is 0 Å². The van der Waals surface area contributed by atoms with E-state index in [0.717, 1.165) is 82.6 Å². The Morgan fingerprint density at radius 2 is 0.676 bits per heavy atom. The van der Waals surface area contributed by atoms with Gasteiger partial charge in [-0.05, 0) is 90.5 Å². The molecule has 14 aromatic rings. The van der Waals surface area contributed by atoms with Crippen LogP contribution in [0.3, 0.4) is 0 Å². The van der Waals surface area contributed by atoms with Gasteiger partial charge in [0.15, 0.2) is 0 Å². The molecule has 0 bridgehead atoms. The van der Waals surface area contributed by atoms with Crippen LogP contribution in [0.25, 0.3) is 121 Å². The van der Waals surface area contributed by atoms with Gasteiger partial charge in [0.25, 0.3) is 0 Å². The van der Waals surface area contributed by atoms with Crippen LogP contribution in [-0.2, 0) is 12.4 Å².